The minimum Gasteiger partial charge on any atom is -0.351 e. The molecule has 104 valence electrons. The van der Waals surface area contributed by atoms with Crippen molar-refractivity contribution in [2.24, 2.45) is 5.41 Å². The van der Waals surface area contributed by atoms with Crippen LogP contribution in [0.2, 0.25) is 0 Å². The smallest absolute Gasteiger partial charge is 0.251 e. The fourth-order valence-corrected chi connectivity index (χ4v) is 2.68. The van der Waals surface area contributed by atoms with Gasteiger partial charge in [0, 0.05) is 18.7 Å². The van der Waals surface area contributed by atoms with Gasteiger partial charge in [0.05, 0.1) is 4.47 Å². The van der Waals surface area contributed by atoms with Crippen LogP contribution in [0.5, 0.6) is 0 Å². The number of hydrogen-bond acceptors (Lipinski definition) is 2. The fourth-order valence-electron chi connectivity index (χ4n) is 2.30. The maximum absolute atomic E-state index is 13.1. The molecule has 1 heterocycles. The molecule has 19 heavy (non-hydrogen) atoms. The molecule has 0 radical (unpaired) electrons. The van der Waals surface area contributed by atoms with Crippen LogP contribution in [0.4, 0.5) is 4.39 Å². The number of rotatable bonds is 3. The van der Waals surface area contributed by atoms with E-state index in [0.717, 1.165) is 25.9 Å². The minimum absolute atomic E-state index is 0.102. The summed E-state index contributed by atoms with van der Waals surface area (Å²) in [5, 5.41) is 6.28. The van der Waals surface area contributed by atoms with Crippen molar-refractivity contribution in [1.29, 1.82) is 0 Å². The molecule has 1 amide bonds. The van der Waals surface area contributed by atoms with Gasteiger partial charge in [0.15, 0.2) is 0 Å². The van der Waals surface area contributed by atoms with Gasteiger partial charge >= 0.3 is 0 Å². The molecule has 1 aromatic carbocycles. The van der Waals surface area contributed by atoms with Crippen molar-refractivity contribution in [3.05, 3.63) is 34.1 Å². The van der Waals surface area contributed by atoms with E-state index in [1.54, 1.807) is 0 Å². The molecule has 1 saturated heterocycles. The molecule has 0 bridgehead atoms. The van der Waals surface area contributed by atoms with Gasteiger partial charge in [0.25, 0.3) is 5.91 Å². The molecule has 1 fully saturated rings. The number of carbonyl (C=O) groups excluding carboxylic acids is 1. The lowest BCUT2D eigenvalue weighted by Gasteiger charge is -2.34. The van der Waals surface area contributed by atoms with E-state index in [2.05, 4.69) is 33.5 Å². The van der Waals surface area contributed by atoms with E-state index in [4.69, 9.17) is 0 Å². The fraction of sp³-hybridized carbons (Fsp3) is 0.500. The zero-order chi connectivity index (χ0) is 13.9. The maximum Gasteiger partial charge on any atom is 0.251 e. The zero-order valence-electron chi connectivity index (χ0n) is 10.9. The van der Waals surface area contributed by atoms with Crippen molar-refractivity contribution in [3.63, 3.8) is 0 Å². The second kappa shape index (κ2) is 6.01. The van der Waals surface area contributed by atoms with E-state index < -0.39 is 0 Å². The van der Waals surface area contributed by atoms with Crippen molar-refractivity contribution < 1.29 is 9.18 Å². The lowest BCUT2D eigenvalue weighted by atomic mass is 9.83. The quantitative estimate of drug-likeness (QED) is 0.895. The van der Waals surface area contributed by atoms with Crippen LogP contribution in [0, 0.1) is 11.2 Å². The molecule has 0 aliphatic carbocycles. The average Bonchev–Trinajstić information content (AvgIpc) is 2.40. The predicted molar refractivity (Wildman–Crippen MR) is 76.6 cm³/mol. The first kappa shape index (κ1) is 14.5. The largest absolute Gasteiger partial charge is 0.351 e. The normalized spacial score (nSPS) is 23.1. The van der Waals surface area contributed by atoms with Gasteiger partial charge in [0.2, 0.25) is 0 Å². The molecular formula is C14H18BrFN2O. The van der Waals surface area contributed by atoms with Crippen molar-refractivity contribution in [2.45, 2.75) is 19.8 Å². The van der Waals surface area contributed by atoms with E-state index in [1.165, 1.54) is 18.2 Å². The Morgan fingerprint density at radius 2 is 2.37 bits per heavy atom. The second-order valence-corrected chi connectivity index (χ2v) is 6.26. The van der Waals surface area contributed by atoms with Crippen LogP contribution in [0.15, 0.2) is 22.7 Å². The second-order valence-electron chi connectivity index (χ2n) is 5.40. The first-order chi connectivity index (χ1) is 9.00. The topological polar surface area (TPSA) is 41.1 Å². The number of carbonyl (C=O) groups is 1. The van der Waals surface area contributed by atoms with Crippen LogP contribution in [0.3, 0.4) is 0 Å². The van der Waals surface area contributed by atoms with Crippen LogP contribution < -0.4 is 10.6 Å². The minimum atomic E-state index is -0.361. The molecule has 0 aromatic heterocycles. The molecule has 0 saturated carbocycles. The van der Waals surface area contributed by atoms with Crippen LogP contribution in [-0.4, -0.2) is 25.5 Å². The van der Waals surface area contributed by atoms with E-state index >= 15 is 0 Å². The van der Waals surface area contributed by atoms with Gasteiger partial charge in [-0.05, 0) is 58.9 Å². The monoisotopic (exact) mass is 328 g/mol. The number of hydrogen-bond donors (Lipinski definition) is 2. The van der Waals surface area contributed by atoms with Gasteiger partial charge in [-0.1, -0.05) is 6.92 Å². The lowest BCUT2D eigenvalue weighted by Crippen LogP contribution is -2.45. The highest BCUT2D eigenvalue weighted by atomic mass is 79.9. The van der Waals surface area contributed by atoms with Crippen LogP contribution >= 0.6 is 15.9 Å². The molecule has 1 aromatic rings. The first-order valence-corrected chi connectivity index (χ1v) is 7.23. The molecule has 5 heteroatoms. The van der Waals surface area contributed by atoms with Gasteiger partial charge in [-0.3, -0.25) is 4.79 Å². The third-order valence-electron chi connectivity index (χ3n) is 3.54. The van der Waals surface area contributed by atoms with E-state index in [1.807, 2.05) is 0 Å². The summed E-state index contributed by atoms with van der Waals surface area (Å²) in [6.07, 6.45) is 2.24. The Morgan fingerprint density at radius 1 is 1.58 bits per heavy atom. The number of nitrogens with one attached hydrogen (secondary N) is 2. The summed E-state index contributed by atoms with van der Waals surface area (Å²) in [5.41, 5.74) is 0.575. The van der Waals surface area contributed by atoms with Gasteiger partial charge < -0.3 is 10.6 Å². The molecule has 1 unspecified atom stereocenters. The van der Waals surface area contributed by atoms with E-state index in [0.29, 0.717) is 16.6 Å². The van der Waals surface area contributed by atoms with E-state index in [-0.39, 0.29) is 17.1 Å². The molecular weight excluding hydrogens is 311 g/mol. The Balaban J connectivity index is 1.95. The van der Waals surface area contributed by atoms with Crippen molar-refractivity contribution in [1.82, 2.24) is 10.6 Å². The summed E-state index contributed by atoms with van der Waals surface area (Å²) in [7, 11) is 0. The summed E-state index contributed by atoms with van der Waals surface area (Å²) in [5.74, 6) is -0.521. The summed E-state index contributed by atoms with van der Waals surface area (Å²) in [6.45, 7) is 4.77. The Labute approximate surface area is 121 Å². The Morgan fingerprint density at radius 3 is 3.00 bits per heavy atom. The SMILES string of the molecule is CC1(CNC(=O)c2ccc(F)c(Br)c2)CCCNC1. The zero-order valence-corrected chi connectivity index (χ0v) is 12.5. The highest BCUT2D eigenvalue weighted by molar-refractivity contribution is 9.10. The number of amides is 1. The average molecular weight is 329 g/mol. The first-order valence-electron chi connectivity index (χ1n) is 6.44. The number of piperidine rings is 1. The summed E-state index contributed by atoms with van der Waals surface area (Å²) >= 11 is 3.09. The van der Waals surface area contributed by atoms with Crippen molar-refractivity contribution in [3.8, 4) is 0 Å². The molecule has 1 aliphatic heterocycles. The third-order valence-corrected chi connectivity index (χ3v) is 4.15. The van der Waals surface area contributed by atoms with E-state index in [9.17, 15) is 9.18 Å². The maximum atomic E-state index is 13.1. The molecule has 2 rings (SSSR count). The Kier molecular flexibility index (Phi) is 4.58. The lowest BCUT2D eigenvalue weighted by molar-refractivity contribution is 0.0924. The van der Waals surface area contributed by atoms with Gasteiger partial charge in [-0.2, -0.15) is 0 Å². The van der Waals surface area contributed by atoms with Crippen LogP contribution in [0.25, 0.3) is 0 Å². The highest BCUT2D eigenvalue weighted by Crippen LogP contribution is 2.24. The van der Waals surface area contributed by atoms with Gasteiger partial charge in [-0.25, -0.2) is 4.39 Å². The molecule has 2 N–H and O–H groups in total. The van der Waals surface area contributed by atoms with Crippen LogP contribution in [0.1, 0.15) is 30.1 Å². The Bertz CT molecular complexity index is 473. The van der Waals surface area contributed by atoms with Crippen LogP contribution in [-0.2, 0) is 0 Å². The molecule has 1 aliphatic rings. The van der Waals surface area contributed by atoms with Crippen molar-refractivity contribution >= 4 is 21.8 Å². The molecule has 0 spiro atoms. The molecule has 1 atom stereocenters. The number of halogens is 2. The summed E-state index contributed by atoms with van der Waals surface area (Å²) in [6, 6.07) is 4.30. The Hall–Kier alpha value is -0.940. The third kappa shape index (κ3) is 3.76. The highest BCUT2D eigenvalue weighted by Gasteiger charge is 2.27. The van der Waals surface area contributed by atoms with Crippen molar-refractivity contribution in [2.75, 3.05) is 19.6 Å². The van der Waals surface area contributed by atoms with Gasteiger partial charge in [0.1, 0.15) is 5.82 Å². The molecule has 3 nitrogen and oxygen atoms in total. The predicted octanol–water partition coefficient (Wildman–Crippen LogP) is 2.71. The number of benzene rings is 1. The summed E-state index contributed by atoms with van der Waals surface area (Å²) in [4.78, 5) is 12.0. The standard InChI is InChI=1S/C14H18BrFN2O/c1-14(5-2-6-17-8-14)9-18-13(19)10-3-4-12(16)11(15)7-10/h3-4,7,17H,2,5-6,8-9H2,1H3,(H,18,19). The summed E-state index contributed by atoms with van der Waals surface area (Å²) < 4.78 is 13.4. The van der Waals surface area contributed by atoms with Gasteiger partial charge in [-0.15, -0.1) is 0 Å².